The Morgan fingerprint density at radius 1 is 0.929 bits per heavy atom. The SMILES string of the molecule is CC.CC.CNC1CC2CCC(C1)N2. The molecular weight excluding hydrogens is 172 g/mol. The van der Waals surface area contributed by atoms with Crippen LogP contribution in [0, 0.1) is 0 Å². The summed E-state index contributed by atoms with van der Waals surface area (Å²) >= 11 is 0. The van der Waals surface area contributed by atoms with E-state index in [1.54, 1.807) is 0 Å². The average Bonchev–Trinajstić information content (AvgIpc) is 2.63. The molecule has 0 aromatic heterocycles. The lowest BCUT2D eigenvalue weighted by Crippen LogP contribution is -2.45. The molecule has 2 aliphatic heterocycles. The van der Waals surface area contributed by atoms with Gasteiger partial charge < -0.3 is 10.6 Å². The van der Waals surface area contributed by atoms with Crippen molar-refractivity contribution in [2.45, 2.75) is 71.5 Å². The molecule has 0 aromatic carbocycles. The normalized spacial score (nSPS) is 33.6. The summed E-state index contributed by atoms with van der Waals surface area (Å²) in [5.41, 5.74) is 0. The topological polar surface area (TPSA) is 24.1 Å². The van der Waals surface area contributed by atoms with Crippen LogP contribution in [0.1, 0.15) is 53.4 Å². The highest BCUT2D eigenvalue weighted by Crippen LogP contribution is 2.26. The van der Waals surface area contributed by atoms with Crippen LogP contribution in [0.2, 0.25) is 0 Å². The maximum Gasteiger partial charge on any atom is 0.00936 e. The van der Waals surface area contributed by atoms with E-state index in [2.05, 4.69) is 17.7 Å². The van der Waals surface area contributed by atoms with Gasteiger partial charge in [-0.25, -0.2) is 0 Å². The molecule has 2 unspecified atom stereocenters. The van der Waals surface area contributed by atoms with Crippen LogP contribution in [0.25, 0.3) is 0 Å². The maximum absolute atomic E-state index is 3.61. The van der Waals surface area contributed by atoms with E-state index < -0.39 is 0 Å². The summed E-state index contributed by atoms with van der Waals surface area (Å²) in [6, 6.07) is 2.45. The molecule has 2 N–H and O–H groups in total. The Kier molecular flexibility index (Phi) is 8.20. The molecule has 2 fully saturated rings. The zero-order valence-corrected chi connectivity index (χ0v) is 10.6. The number of hydrogen-bond acceptors (Lipinski definition) is 2. The fraction of sp³-hybridized carbons (Fsp3) is 1.00. The van der Waals surface area contributed by atoms with Crippen LogP contribution in [-0.4, -0.2) is 25.2 Å². The summed E-state index contributed by atoms with van der Waals surface area (Å²) in [7, 11) is 2.08. The van der Waals surface area contributed by atoms with E-state index in [1.165, 1.54) is 25.7 Å². The first kappa shape index (κ1) is 13.9. The number of hydrogen-bond donors (Lipinski definition) is 2. The van der Waals surface area contributed by atoms with Gasteiger partial charge in [0.2, 0.25) is 0 Å². The van der Waals surface area contributed by atoms with Gasteiger partial charge in [0.05, 0.1) is 0 Å². The largest absolute Gasteiger partial charge is 0.317 e. The number of nitrogens with one attached hydrogen (secondary N) is 2. The van der Waals surface area contributed by atoms with Crippen molar-refractivity contribution < 1.29 is 0 Å². The summed E-state index contributed by atoms with van der Waals surface area (Å²) < 4.78 is 0. The van der Waals surface area contributed by atoms with E-state index in [4.69, 9.17) is 0 Å². The average molecular weight is 200 g/mol. The van der Waals surface area contributed by atoms with E-state index in [9.17, 15) is 0 Å². The molecule has 0 aliphatic carbocycles. The van der Waals surface area contributed by atoms with Crippen molar-refractivity contribution in [3.63, 3.8) is 0 Å². The van der Waals surface area contributed by atoms with E-state index in [-0.39, 0.29) is 0 Å². The van der Waals surface area contributed by atoms with Gasteiger partial charge in [0.1, 0.15) is 0 Å². The second kappa shape index (κ2) is 8.25. The third-order valence-corrected chi connectivity index (χ3v) is 2.88. The Hall–Kier alpha value is -0.0800. The molecule has 2 heteroatoms. The molecule has 2 atom stereocenters. The highest BCUT2D eigenvalue weighted by Gasteiger charge is 2.32. The molecule has 86 valence electrons. The van der Waals surface area contributed by atoms with E-state index in [1.807, 2.05) is 27.7 Å². The van der Waals surface area contributed by atoms with E-state index in [0.29, 0.717) is 0 Å². The second-order valence-corrected chi connectivity index (χ2v) is 3.59. The third kappa shape index (κ3) is 3.97. The van der Waals surface area contributed by atoms with Crippen molar-refractivity contribution in [3.05, 3.63) is 0 Å². The van der Waals surface area contributed by atoms with Crippen molar-refractivity contribution >= 4 is 0 Å². The highest BCUT2D eigenvalue weighted by atomic mass is 15.0. The number of piperidine rings is 1. The van der Waals surface area contributed by atoms with Gasteiger partial charge in [0, 0.05) is 18.1 Å². The van der Waals surface area contributed by atoms with Crippen molar-refractivity contribution in [1.29, 1.82) is 0 Å². The van der Waals surface area contributed by atoms with Crippen LogP contribution in [0.5, 0.6) is 0 Å². The molecule has 0 saturated carbocycles. The van der Waals surface area contributed by atoms with Crippen molar-refractivity contribution in [2.75, 3.05) is 7.05 Å². The highest BCUT2D eigenvalue weighted by molar-refractivity contribution is 4.94. The van der Waals surface area contributed by atoms with Crippen LogP contribution in [0.4, 0.5) is 0 Å². The number of fused-ring (bicyclic) bond motifs is 2. The van der Waals surface area contributed by atoms with Gasteiger partial charge in [0.25, 0.3) is 0 Å². The molecule has 2 saturated heterocycles. The Bertz CT molecular complexity index is 113. The summed E-state index contributed by atoms with van der Waals surface area (Å²) in [4.78, 5) is 0. The van der Waals surface area contributed by atoms with Gasteiger partial charge in [-0.05, 0) is 32.7 Å². The Balaban J connectivity index is 0.000000379. The first-order valence-corrected chi connectivity index (χ1v) is 6.32. The first-order chi connectivity index (χ1) is 6.88. The van der Waals surface area contributed by atoms with Crippen LogP contribution < -0.4 is 10.6 Å². The first-order valence-electron chi connectivity index (χ1n) is 6.32. The fourth-order valence-electron chi connectivity index (χ4n) is 2.29. The Morgan fingerprint density at radius 3 is 1.71 bits per heavy atom. The minimum atomic E-state index is 0.791. The number of rotatable bonds is 1. The lowest BCUT2D eigenvalue weighted by molar-refractivity contribution is 0.331. The van der Waals surface area contributed by atoms with Gasteiger partial charge in [-0.2, -0.15) is 0 Å². The molecule has 2 bridgehead atoms. The molecular formula is C12H28N2. The van der Waals surface area contributed by atoms with Crippen molar-refractivity contribution in [1.82, 2.24) is 10.6 Å². The van der Waals surface area contributed by atoms with E-state index in [0.717, 1.165) is 18.1 Å². The van der Waals surface area contributed by atoms with E-state index >= 15 is 0 Å². The van der Waals surface area contributed by atoms with Gasteiger partial charge in [0.15, 0.2) is 0 Å². The zero-order valence-electron chi connectivity index (χ0n) is 10.6. The summed E-state index contributed by atoms with van der Waals surface area (Å²) in [6.45, 7) is 8.00. The molecule has 2 nitrogen and oxygen atoms in total. The third-order valence-electron chi connectivity index (χ3n) is 2.88. The minimum Gasteiger partial charge on any atom is -0.317 e. The quantitative estimate of drug-likeness (QED) is 0.680. The monoisotopic (exact) mass is 200 g/mol. The predicted octanol–water partition coefficient (Wildman–Crippen LogP) is 2.54. The van der Waals surface area contributed by atoms with Crippen LogP contribution >= 0.6 is 0 Å². The lowest BCUT2D eigenvalue weighted by Gasteiger charge is -2.28. The standard InChI is InChI=1S/C8H16N2.2C2H6/c1-9-8-4-6-2-3-7(5-8)10-6;2*1-2/h6-10H,2-5H2,1H3;2*1-2H3. The molecule has 14 heavy (non-hydrogen) atoms. The molecule has 2 rings (SSSR count). The van der Waals surface area contributed by atoms with Crippen LogP contribution in [0.3, 0.4) is 0 Å². The molecule has 0 amide bonds. The summed E-state index contributed by atoms with van der Waals surface area (Å²) in [5, 5.41) is 6.98. The summed E-state index contributed by atoms with van der Waals surface area (Å²) in [5.74, 6) is 0. The van der Waals surface area contributed by atoms with Gasteiger partial charge in [-0.3, -0.25) is 0 Å². The lowest BCUT2D eigenvalue weighted by atomic mass is 10.0. The molecule has 0 radical (unpaired) electrons. The van der Waals surface area contributed by atoms with Gasteiger partial charge >= 0.3 is 0 Å². The van der Waals surface area contributed by atoms with Gasteiger partial charge in [-0.15, -0.1) is 0 Å². The fourth-order valence-corrected chi connectivity index (χ4v) is 2.29. The molecule has 0 spiro atoms. The van der Waals surface area contributed by atoms with Crippen LogP contribution in [0.15, 0.2) is 0 Å². The maximum atomic E-state index is 3.61. The van der Waals surface area contributed by atoms with Crippen molar-refractivity contribution in [2.24, 2.45) is 0 Å². The minimum absolute atomic E-state index is 0.791. The predicted molar refractivity (Wildman–Crippen MR) is 64.7 cm³/mol. The Morgan fingerprint density at radius 2 is 1.36 bits per heavy atom. The second-order valence-electron chi connectivity index (χ2n) is 3.59. The zero-order chi connectivity index (χ0) is 11.0. The molecule has 2 aliphatic rings. The smallest absolute Gasteiger partial charge is 0.00936 e. The Labute approximate surface area is 89.9 Å². The van der Waals surface area contributed by atoms with Crippen molar-refractivity contribution in [3.8, 4) is 0 Å². The molecule has 0 aromatic rings. The van der Waals surface area contributed by atoms with Crippen LogP contribution in [-0.2, 0) is 0 Å². The summed E-state index contributed by atoms with van der Waals surface area (Å²) in [6.07, 6.45) is 5.49. The molecule has 2 heterocycles. The van der Waals surface area contributed by atoms with Gasteiger partial charge in [-0.1, -0.05) is 27.7 Å².